The van der Waals surface area contributed by atoms with E-state index in [0.717, 1.165) is 0 Å². The van der Waals surface area contributed by atoms with Gasteiger partial charge in [-0.2, -0.15) is 0 Å². The van der Waals surface area contributed by atoms with Crippen LogP contribution in [0.4, 0.5) is 10.1 Å². The summed E-state index contributed by atoms with van der Waals surface area (Å²) in [5.41, 5.74) is 6.38. The van der Waals surface area contributed by atoms with E-state index in [9.17, 15) is 14.3 Å². The van der Waals surface area contributed by atoms with E-state index in [1.165, 1.54) is 11.0 Å². The van der Waals surface area contributed by atoms with E-state index in [-0.39, 0.29) is 35.1 Å². The predicted octanol–water partition coefficient (Wildman–Crippen LogP) is 2.22. The number of thiocarbonyl (C=S) groups is 1. The van der Waals surface area contributed by atoms with E-state index in [1.807, 2.05) is 6.92 Å². The van der Waals surface area contributed by atoms with Crippen LogP contribution < -0.4 is 10.6 Å². The molecule has 0 fully saturated rings. The van der Waals surface area contributed by atoms with Crippen LogP contribution in [0.5, 0.6) is 0 Å². The molecule has 0 saturated carbocycles. The number of carbonyl (C=O) groups excluding carboxylic acids is 1. The Morgan fingerprint density at radius 1 is 1.55 bits per heavy atom. The van der Waals surface area contributed by atoms with Crippen LogP contribution in [0.15, 0.2) is 29.5 Å². The number of aliphatic hydroxyl groups excluding tert-OH is 1. The number of benzene rings is 1. The molecule has 0 bridgehead atoms. The Morgan fingerprint density at radius 2 is 2.25 bits per heavy atom. The van der Waals surface area contributed by atoms with Crippen molar-refractivity contribution in [3.8, 4) is 0 Å². The molecule has 1 aliphatic rings. The monoisotopic (exact) mass is 294 g/mol. The molecule has 1 aromatic carbocycles. The van der Waals surface area contributed by atoms with Gasteiger partial charge in [0.15, 0.2) is 0 Å². The number of hydrogen-bond donors (Lipinski definition) is 2. The summed E-state index contributed by atoms with van der Waals surface area (Å²) in [6.07, 6.45) is 0.710. The lowest BCUT2D eigenvalue weighted by Gasteiger charge is -2.29. The minimum absolute atomic E-state index is 0.0578. The van der Waals surface area contributed by atoms with E-state index in [4.69, 9.17) is 18.0 Å². The molecule has 0 aliphatic carbocycles. The van der Waals surface area contributed by atoms with Gasteiger partial charge in [-0.25, -0.2) is 4.39 Å². The molecule has 0 aromatic heterocycles. The first-order valence-corrected chi connectivity index (χ1v) is 6.69. The van der Waals surface area contributed by atoms with Gasteiger partial charge < -0.3 is 15.7 Å². The summed E-state index contributed by atoms with van der Waals surface area (Å²) < 4.78 is 13.8. The first kappa shape index (κ1) is 14.5. The van der Waals surface area contributed by atoms with Gasteiger partial charge in [-0.05, 0) is 18.6 Å². The van der Waals surface area contributed by atoms with Crippen molar-refractivity contribution in [2.45, 2.75) is 19.8 Å². The molecule has 0 atom stereocenters. The second kappa shape index (κ2) is 5.58. The van der Waals surface area contributed by atoms with Crippen LogP contribution in [0.25, 0.3) is 0 Å². The summed E-state index contributed by atoms with van der Waals surface area (Å²) in [7, 11) is 0. The second-order valence-corrected chi connectivity index (χ2v) is 4.92. The van der Waals surface area contributed by atoms with Gasteiger partial charge in [-0.15, -0.1) is 0 Å². The van der Waals surface area contributed by atoms with Crippen molar-refractivity contribution in [3.05, 3.63) is 40.9 Å². The summed E-state index contributed by atoms with van der Waals surface area (Å²) in [6.45, 7) is 2.09. The fourth-order valence-electron chi connectivity index (χ4n) is 2.33. The summed E-state index contributed by atoms with van der Waals surface area (Å²) in [5, 5.41) is 9.75. The lowest BCUT2D eigenvalue weighted by Crippen LogP contribution is -2.41. The minimum Gasteiger partial charge on any atom is -0.511 e. The van der Waals surface area contributed by atoms with E-state index in [1.54, 1.807) is 12.1 Å². The minimum atomic E-state index is -0.485. The van der Waals surface area contributed by atoms with Crippen molar-refractivity contribution >= 4 is 28.8 Å². The van der Waals surface area contributed by atoms with Gasteiger partial charge in [0, 0.05) is 18.5 Å². The van der Waals surface area contributed by atoms with Crippen LogP contribution >= 0.6 is 12.2 Å². The molecule has 0 saturated heterocycles. The topological polar surface area (TPSA) is 66.6 Å². The number of hydrogen-bond acceptors (Lipinski definition) is 3. The van der Waals surface area contributed by atoms with E-state index in [0.29, 0.717) is 17.7 Å². The Balaban J connectivity index is 2.49. The number of amides is 1. The average Bonchev–Trinajstić information content (AvgIpc) is 2.38. The van der Waals surface area contributed by atoms with Crippen molar-refractivity contribution in [2.75, 3.05) is 11.4 Å². The molecule has 0 spiro atoms. The zero-order valence-electron chi connectivity index (χ0n) is 11.0. The SMILES string of the molecule is CCc1c(F)cccc1N1CCC(O)=C(C(N)=S)C1=O. The number of nitrogens with zero attached hydrogens (tertiary/aromatic N) is 1. The number of aliphatic hydroxyl groups is 1. The van der Waals surface area contributed by atoms with E-state index in [2.05, 4.69) is 0 Å². The molecule has 20 heavy (non-hydrogen) atoms. The number of rotatable bonds is 3. The molecule has 3 N–H and O–H groups in total. The number of nitrogens with two attached hydrogens (primary N) is 1. The van der Waals surface area contributed by atoms with Gasteiger partial charge in [-0.1, -0.05) is 25.2 Å². The summed E-state index contributed by atoms with van der Waals surface area (Å²) in [6, 6.07) is 4.59. The van der Waals surface area contributed by atoms with Crippen molar-refractivity contribution in [1.82, 2.24) is 0 Å². The second-order valence-electron chi connectivity index (χ2n) is 4.48. The van der Waals surface area contributed by atoms with Crippen LogP contribution in [0, 0.1) is 5.82 Å². The third-order valence-corrected chi connectivity index (χ3v) is 3.51. The fourth-order valence-corrected chi connectivity index (χ4v) is 2.54. The first-order valence-electron chi connectivity index (χ1n) is 6.28. The van der Waals surface area contributed by atoms with Gasteiger partial charge in [0.2, 0.25) is 0 Å². The zero-order valence-corrected chi connectivity index (χ0v) is 11.8. The third-order valence-electron chi connectivity index (χ3n) is 3.30. The summed E-state index contributed by atoms with van der Waals surface area (Å²) in [5.74, 6) is -0.941. The summed E-state index contributed by atoms with van der Waals surface area (Å²) >= 11 is 4.80. The number of carbonyl (C=O) groups is 1. The van der Waals surface area contributed by atoms with Crippen molar-refractivity contribution in [3.63, 3.8) is 0 Å². The zero-order chi connectivity index (χ0) is 14.9. The predicted molar refractivity (Wildman–Crippen MR) is 79.2 cm³/mol. The smallest absolute Gasteiger partial charge is 0.264 e. The molecule has 0 radical (unpaired) electrons. The van der Waals surface area contributed by atoms with E-state index >= 15 is 0 Å². The molecule has 2 rings (SSSR count). The molecule has 106 valence electrons. The number of anilines is 1. The maximum absolute atomic E-state index is 13.8. The van der Waals surface area contributed by atoms with Crippen LogP contribution in [-0.4, -0.2) is 22.5 Å². The highest BCUT2D eigenvalue weighted by atomic mass is 32.1. The van der Waals surface area contributed by atoms with Gasteiger partial charge >= 0.3 is 0 Å². The Bertz CT molecular complexity index is 613. The molecular formula is C14H15FN2O2S. The van der Waals surface area contributed by atoms with E-state index < -0.39 is 5.91 Å². The summed E-state index contributed by atoms with van der Waals surface area (Å²) in [4.78, 5) is 13.6. The molecule has 4 nitrogen and oxygen atoms in total. The van der Waals surface area contributed by atoms with Crippen molar-refractivity contribution in [1.29, 1.82) is 0 Å². The highest BCUT2D eigenvalue weighted by Crippen LogP contribution is 2.29. The molecule has 1 aliphatic heterocycles. The third kappa shape index (κ3) is 2.38. The molecule has 1 heterocycles. The molecule has 0 unspecified atom stereocenters. The Kier molecular flexibility index (Phi) is 4.04. The Morgan fingerprint density at radius 3 is 2.85 bits per heavy atom. The highest BCUT2D eigenvalue weighted by molar-refractivity contribution is 7.80. The fraction of sp³-hybridized carbons (Fsp3) is 0.286. The normalized spacial score (nSPS) is 15.7. The molecule has 1 aromatic rings. The van der Waals surface area contributed by atoms with Crippen LogP contribution in [-0.2, 0) is 11.2 Å². The maximum atomic E-state index is 13.8. The van der Waals surface area contributed by atoms with Gasteiger partial charge in [-0.3, -0.25) is 4.79 Å². The molecular weight excluding hydrogens is 279 g/mol. The maximum Gasteiger partial charge on any atom is 0.264 e. The average molecular weight is 294 g/mol. The Labute approximate surface area is 121 Å². The largest absolute Gasteiger partial charge is 0.511 e. The standard InChI is InChI=1S/C14H15FN2O2S/c1-2-8-9(15)4-3-5-10(8)17-7-6-11(18)12(13(16)20)14(17)19/h3-5,18H,2,6-7H2,1H3,(H2,16,20). The van der Waals surface area contributed by atoms with Gasteiger partial charge in [0.05, 0.1) is 5.69 Å². The van der Waals surface area contributed by atoms with Gasteiger partial charge in [0.25, 0.3) is 5.91 Å². The molecule has 6 heteroatoms. The van der Waals surface area contributed by atoms with Crippen LogP contribution in [0.2, 0.25) is 0 Å². The van der Waals surface area contributed by atoms with Crippen molar-refractivity contribution < 1.29 is 14.3 Å². The highest BCUT2D eigenvalue weighted by Gasteiger charge is 2.31. The van der Waals surface area contributed by atoms with Gasteiger partial charge in [0.1, 0.15) is 22.1 Å². The first-order chi connectivity index (χ1) is 9.47. The quantitative estimate of drug-likeness (QED) is 0.839. The Hall–Kier alpha value is -1.95. The van der Waals surface area contributed by atoms with Crippen molar-refractivity contribution in [2.24, 2.45) is 5.73 Å². The lowest BCUT2D eigenvalue weighted by molar-refractivity contribution is -0.115. The lowest BCUT2D eigenvalue weighted by atomic mass is 10.0. The van der Waals surface area contributed by atoms with Crippen LogP contribution in [0.3, 0.4) is 0 Å². The van der Waals surface area contributed by atoms with Crippen LogP contribution in [0.1, 0.15) is 18.9 Å². The number of halogens is 1. The molecule has 1 amide bonds.